The van der Waals surface area contributed by atoms with E-state index < -0.39 is 0 Å². The molecule has 1 fully saturated rings. The standard InChI is InChI=1S/C16H20Cl2N2/c1-2-6-16(7-8-16)11-20-14-4-3-12(18)10-13(14)19-15(20)5-9-17/h3-4,10H,2,5-9,11H2,1H3. The summed E-state index contributed by atoms with van der Waals surface area (Å²) in [5.74, 6) is 1.71. The van der Waals surface area contributed by atoms with Crippen LogP contribution in [-0.2, 0) is 13.0 Å². The van der Waals surface area contributed by atoms with Crippen LogP contribution < -0.4 is 0 Å². The lowest BCUT2D eigenvalue weighted by Crippen LogP contribution is -2.14. The molecule has 108 valence electrons. The topological polar surface area (TPSA) is 17.8 Å². The highest BCUT2D eigenvalue weighted by atomic mass is 35.5. The van der Waals surface area contributed by atoms with E-state index in [-0.39, 0.29) is 0 Å². The van der Waals surface area contributed by atoms with Crippen molar-refractivity contribution < 1.29 is 0 Å². The van der Waals surface area contributed by atoms with Crippen molar-refractivity contribution in [3.63, 3.8) is 0 Å². The summed E-state index contributed by atoms with van der Waals surface area (Å²) >= 11 is 12.0. The summed E-state index contributed by atoms with van der Waals surface area (Å²) in [6.07, 6.45) is 6.06. The Labute approximate surface area is 130 Å². The van der Waals surface area contributed by atoms with Crippen molar-refractivity contribution in [1.29, 1.82) is 0 Å². The van der Waals surface area contributed by atoms with Crippen molar-refractivity contribution in [3.05, 3.63) is 29.0 Å². The van der Waals surface area contributed by atoms with Crippen molar-refractivity contribution in [3.8, 4) is 0 Å². The van der Waals surface area contributed by atoms with E-state index in [1.165, 1.54) is 31.2 Å². The third kappa shape index (κ3) is 2.68. The van der Waals surface area contributed by atoms with E-state index in [9.17, 15) is 0 Å². The van der Waals surface area contributed by atoms with Gasteiger partial charge in [-0.05, 0) is 42.9 Å². The first kappa shape index (κ1) is 14.2. The predicted molar refractivity (Wildman–Crippen MR) is 85.7 cm³/mol. The second-order valence-electron chi connectivity index (χ2n) is 5.94. The summed E-state index contributed by atoms with van der Waals surface area (Å²) in [5, 5.41) is 0.745. The molecule has 0 saturated heterocycles. The number of nitrogens with zero attached hydrogens (tertiary/aromatic N) is 2. The third-order valence-corrected chi connectivity index (χ3v) is 4.76. The van der Waals surface area contributed by atoms with Gasteiger partial charge in [-0.2, -0.15) is 0 Å². The highest BCUT2D eigenvalue weighted by Gasteiger charge is 2.42. The molecule has 0 N–H and O–H groups in total. The predicted octanol–water partition coefficient (Wildman–Crippen LogP) is 5.05. The van der Waals surface area contributed by atoms with Gasteiger partial charge >= 0.3 is 0 Å². The van der Waals surface area contributed by atoms with Crippen molar-refractivity contribution in [2.24, 2.45) is 5.41 Å². The van der Waals surface area contributed by atoms with Gasteiger partial charge in [0.1, 0.15) is 5.82 Å². The quantitative estimate of drug-likeness (QED) is 0.682. The van der Waals surface area contributed by atoms with Gasteiger partial charge in [-0.15, -0.1) is 11.6 Å². The zero-order valence-electron chi connectivity index (χ0n) is 11.8. The molecule has 1 aromatic heterocycles. The first-order valence-corrected chi connectivity index (χ1v) is 8.29. The Balaban J connectivity index is 2.00. The minimum atomic E-state index is 0.503. The number of halogens is 2. The smallest absolute Gasteiger partial charge is 0.111 e. The van der Waals surface area contributed by atoms with Gasteiger partial charge in [-0.1, -0.05) is 24.9 Å². The van der Waals surface area contributed by atoms with Crippen LogP contribution in [0.3, 0.4) is 0 Å². The van der Waals surface area contributed by atoms with Gasteiger partial charge in [0, 0.05) is 23.9 Å². The molecule has 20 heavy (non-hydrogen) atoms. The van der Waals surface area contributed by atoms with E-state index in [1.54, 1.807) is 0 Å². The Morgan fingerprint density at radius 1 is 1.35 bits per heavy atom. The fourth-order valence-corrected chi connectivity index (χ4v) is 3.47. The highest BCUT2D eigenvalue weighted by molar-refractivity contribution is 6.31. The molecular weight excluding hydrogens is 291 g/mol. The molecule has 0 bridgehead atoms. The number of rotatable bonds is 6. The molecule has 1 heterocycles. The average Bonchev–Trinajstić information content (AvgIpc) is 3.09. The number of aryl methyl sites for hydroxylation is 1. The maximum atomic E-state index is 6.08. The van der Waals surface area contributed by atoms with Crippen molar-refractivity contribution >= 4 is 34.2 Å². The molecule has 2 aromatic rings. The lowest BCUT2D eigenvalue weighted by Gasteiger charge is -2.17. The van der Waals surface area contributed by atoms with Crippen LogP contribution >= 0.6 is 23.2 Å². The maximum Gasteiger partial charge on any atom is 0.111 e. The van der Waals surface area contributed by atoms with Gasteiger partial charge in [0.2, 0.25) is 0 Å². The normalized spacial score (nSPS) is 16.8. The van der Waals surface area contributed by atoms with Crippen molar-refractivity contribution in [2.75, 3.05) is 5.88 Å². The highest BCUT2D eigenvalue weighted by Crippen LogP contribution is 2.51. The lowest BCUT2D eigenvalue weighted by molar-refractivity contribution is 0.387. The van der Waals surface area contributed by atoms with Gasteiger partial charge in [-0.3, -0.25) is 0 Å². The number of benzene rings is 1. The molecular formula is C16H20Cl2N2. The first-order valence-electron chi connectivity index (χ1n) is 7.38. The minimum absolute atomic E-state index is 0.503. The molecule has 1 aliphatic carbocycles. The Morgan fingerprint density at radius 2 is 2.15 bits per heavy atom. The number of fused-ring (bicyclic) bond motifs is 1. The Morgan fingerprint density at radius 3 is 2.80 bits per heavy atom. The number of aromatic nitrogens is 2. The first-order chi connectivity index (χ1) is 9.67. The van der Waals surface area contributed by atoms with Crippen LogP contribution in [0.15, 0.2) is 18.2 Å². The average molecular weight is 311 g/mol. The summed E-state index contributed by atoms with van der Waals surface area (Å²) in [5.41, 5.74) is 2.69. The van der Waals surface area contributed by atoms with Crippen molar-refractivity contribution in [2.45, 2.75) is 45.6 Å². The van der Waals surface area contributed by atoms with E-state index in [1.807, 2.05) is 12.1 Å². The zero-order chi connectivity index (χ0) is 14.2. The second kappa shape index (κ2) is 5.57. The molecule has 1 aromatic carbocycles. The van der Waals surface area contributed by atoms with Crippen LogP contribution in [0.25, 0.3) is 11.0 Å². The van der Waals surface area contributed by atoms with Gasteiger partial charge in [0.05, 0.1) is 11.0 Å². The SMILES string of the molecule is CCCC1(Cn2c(CCCl)nc3cc(Cl)ccc32)CC1. The molecule has 0 amide bonds. The van der Waals surface area contributed by atoms with E-state index in [4.69, 9.17) is 28.2 Å². The Kier molecular flexibility index (Phi) is 3.96. The molecule has 0 atom stereocenters. The maximum absolute atomic E-state index is 6.08. The third-order valence-electron chi connectivity index (χ3n) is 4.34. The van der Waals surface area contributed by atoms with Crippen molar-refractivity contribution in [1.82, 2.24) is 9.55 Å². The van der Waals surface area contributed by atoms with Crippen LogP contribution in [0.4, 0.5) is 0 Å². The monoisotopic (exact) mass is 310 g/mol. The number of hydrogen-bond acceptors (Lipinski definition) is 1. The molecule has 2 nitrogen and oxygen atoms in total. The molecule has 0 unspecified atom stereocenters. The Bertz CT molecular complexity index is 614. The Hall–Kier alpha value is -0.730. The van der Waals surface area contributed by atoms with E-state index >= 15 is 0 Å². The second-order valence-corrected chi connectivity index (χ2v) is 6.75. The molecule has 3 rings (SSSR count). The molecule has 1 aliphatic rings. The van der Waals surface area contributed by atoms with Gasteiger partial charge < -0.3 is 4.57 Å². The molecule has 4 heteroatoms. The molecule has 1 saturated carbocycles. The largest absolute Gasteiger partial charge is 0.327 e. The number of imidazole rings is 1. The lowest BCUT2D eigenvalue weighted by atomic mass is 10.0. The van der Waals surface area contributed by atoms with E-state index in [0.29, 0.717) is 11.3 Å². The summed E-state index contributed by atoms with van der Waals surface area (Å²) < 4.78 is 2.37. The molecule has 0 radical (unpaired) electrons. The minimum Gasteiger partial charge on any atom is -0.327 e. The van der Waals surface area contributed by atoms with E-state index in [2.05, 4.69) is 17.6 Å². The summed E-state index contributed by atoms with van der Waals surface area (Å²) in [7, 11) is 0. The zero-order valence-corrected chi connectivity index (χ0v) is 13.3. The van der Waals surface area contributed by atoms with Crippen LogP contribution in [0.5, 0.6) is 0 Å². The molecule has 0 aliphatic heterocycles. The fraction of sp³-hybridized carbons (Fsp3) is 0.562. The van der Waals surface area contributed by atoms with Crippen LogP contribution in [0.1, 0.15) is 38.4 Å². The number of hydrogen-bond donors (Lipinski definition) is 0. The van der Waals surface area contributed by atoms with Gasteiger partial charge in [-0.25, -0.2) is 4.98 Å². The van der Waals surface area contributed by atoms with Gasteiger partial charge in [0.25, 0.3) is 0 Å². The summed E-state index contributed by atoms with van der Waals surface area (Å²) in [4.78, 5) is 4.73. The molecule has 0 spiro atoms. The number of alkyl halides is 1. The van der Waals surface area contributed by atoms with E-state index in [0.717, 1.165) is 29.3 Å². The van der Waals surface area contributed by atoms with Crippen LogP contribution in [0.2, 0.25) is 5.02 Å². The summed E-state index contributed by atoms with van der Waals surface area (Å²) in [6, 6.07) is 5.99. The van der Waals surface area contributed by atoms with Crippen LogP contribution in [-0.4, -0.2) is 15.4 Å². The fourth-order valence-electron chi connectivity index (χ4n) is 3.13. The summed E-state index contributed by atoms with van der Waals surface area (Å²) in [6.45, 7) is 3.34. The van der Waals surface area contributed by atoms with Gasteiger partial charge in [0.15, 0.2) is 0 Å². The van der Waals surface area contributed by atoms with Crippen LogP contribution in [0, 0.1) is 5.41 Å².